The Kier molecular flexibility index (Phi) is 6.30. The number of rotatable bonds is 7. The fraction of sp³-hybridized carbons (Fsp3) is 0.261. The molecule has 27 heavy (non-hydrogen) atoms. The number of aryl methyl sites for hydroxylation is 2. The van der Waals surface area contributed by atoms with E-state index in [0.717, 1.165) is 23.3 Å². The molecule has 0 spiro atoms. The maximum Gasteiger partial charge on any atom is 0.261 e. The molecule has 0 radical (unpaired) electrons. The molecule has 0 aliphatic carbocycles. The summed E-state index contributed by atoms with van der Waals surface area (Å²) in [6, 6.07) is 18.2. The first-order valence-corrected chi connectivity index (χ1v) is 10.1. The van der Waals surface area contributed by atoms with Crippen molar-refractivity contribution >= 4 is 17.2 Å². The zero-order valence-corrected chi connectivity index (χ0v) is 16.8. The second-order valence-corrected chi connectivity index (χ2v) is 7.68. The summed E-state index contributed by atoms with van der Waals surface area (Å²) < 4.78 is 5.80. The van der Waals surface area contributed by atoms with Gasteiger partial charge in [0.2, 0.25) is 0 Å². The summed E-state index contributed by atoms with van der Waals surface area (Å²) >= 11 is 1.45. The lowest BCUT2D eigenvalue weighted by Gasteiger charge is -2.17. The van der Waals surface area contributed by atoms with Gasteiger partial charge in [0.25, 0.3) is 5.91 Å². The second kappa shape index (κ2) is 8.87. The number of benzene rings is 2. The summed E-state index contributed by atoms with van der Waals surface area (Å²) in [6.07, 6.45) is 0.851. The SMILES string of the molecule is CCC(NC(=O)c1cc(COc2ccc(C)cc2)cs1)c1ccc(C)cc1. The van der Waals surface area contributed by atoms with E-state index in [1.807, 2.05) is 42.6 Å². The van der Waals surface area contributed by atoms with E-state index >= 15 is 0 Å². The number of carbonyl (C=O) groups excluding carboxylic acids is 1. The average molecular weight is 380 g/mol. The molecule has 0 saturated heterocycles. The van der Waals surface area contributed by atoms with Crippen molar-refractivity contribution in [2.75, 3.05) is 0 Å². The highest BCUT2D eigenvalue weighted by atomic mass is 32.1. The summed E-state index contributed by atoms with van der Waals surface area (Å²) in [5.74, 6) is 0.803. The molecule has 1 heterocycles. The van der Waals surface area contributed by atoms with Gasteiger partial charge in [0, 0.05) is 5.56 Å². The van der Waals surface area contributed by atoms with Crippen LogP contribution in [-0.4, -0.2) is 5.91 Å². The smallest absolute Gasteiger partial charge is 0.261 e. The van der Waals surface area contributed by atoms with Crippen LogP contribution in [0.15, 0.2) is 60.0 Å². The first kappa shape index (κ1) is 19.2. The largest absolute Gasteiger partial charge is 0.489 e. The van der Waals surface area contributed by atoms with Crippen molar-refractivity contribution in [2.45, 2.75) is 39.8 Å². The van der Waals surface area contributed by atoms with E-state index in [0.29, 0.717) is 11.5 Å². The monoisotopic (exact) mass is 379 g/mol. The number of thiophene rings is 1. The van der Waals surface area contributed by atoms with Crippen LogP contribution in [0.2, 0.25) is 0 Å². The zero-order chi connectivity index (χ0) is 19.2. The van der Waals surface area contributed by atoms with E-state index in [1.165, 1.54) is 22.5 Å². The fourth-order valence-corrected chi connectivity index (χ4v) is 3.62. The van der Waals surface area contributed by atoms with Gasteiger partial charge in [0.15, 0.2) is 0 Å². The lowest BCUT2D eigenvalue weighted by Crippen LogP contribution is -2.27. The Morgan fingerprint density at radius 1 is 1.04 bits per heavy atom. The molecule has 0 aliphatic rings. The number of hydrogen-bond acceptors (Lipinski definition) is 3. The molecular formula is C23H25NO2S. The summed E-state index contributed by atoms with van der Waals surface area (Å²) in [5, 5.41) is 5.12. The van der Waals surface area contributed by atoms with E-state index in [4.69, 9.17) is 4.74 Å². The van der Waals surface area contributed by atoms with Crippen LogP contribution in [0.3, 0.4) is 0 Å². The quantitative estimate of drug-likeness (QED) is 0.561. The van der Waals surface area contributed by atoms with Gasteiger partial charge in [-0.1, -0.05) is 54.4 Å². The maximum absolute atomic E-state index is 12.6. The summed E-state index contributed by atoms with van der Waals surface area (Å²) in [4.78, 5) is 13.3. The predicted octanol–water partition coefficient (Wildman–Crippen LogP) is 5.83. The van der Waals surface area contributed by atoms with Crippen molar-refractivity contribution in [3.63, 3.8) is 0 Å². The number of ether oxygens (including phenoxy) is 1. The molecule has 3 nitrogen and oxygen atoms in total. The summed E-state index contributed by atoms with van der Waals surface area (Å²) in [5.41, 5.74) is 4.57. The maximum atomic E-state index is 12.6. The first-order valence-electron chi connectivity index (χ1n) is 9.19. The van der Waals surface area contributed by atoms with E-state index in [1.54, 1.807) is 0 Å². The standard InChI is InChI=1S/C23H25NO2S/c1-4-21(19-9-5-16(2)6-10-19)24-23(25)22-13-18(15-27-22)14-26-20-11-7-17(3)8-12-20/h5-13,15,21H,4,14H2,1-3H3,(H,24,25). The Balaban J connectivity index is 1.60. The molecule has 1 amide bonds. The Hall–Kier alpha value is -2.59. The molecule has 2 aromatic carbocycles. The lowest BCUT2D eigenvalue weighted by atomic mass is 10.0. The van der Waals surface area contributed by atoms with Crippen molar-refractivity contribution in [3.8, 4) is 5.75 Å². The van der Waals surface area contributed by atoms with E-state index < -0.39 is 0 Å². The Labute approximate surface area is 165 Å². The second-order valence-electron chi connectivity index (χ2n) is 6.77. The van der Waals surface area contributed by atoms with Crippen molar-refractivity contribution in [1.82, 2.24) is 5.32 Å². The fourth-order valence-electron chi connectivity index (χ4n) is 2.82. The minimum atomic E-state index is -0.0333. The highest BCUT2D eigenvalue weighted by Crippen LogP contribution is 2.21. The van der Waals surface area contributed by atoms with Gasteiger partial charge in [-0.05, 0) is 49.4 Å². The Morgan fingerprint density at radius 3 is 2.30 bits per heavy atom. The molecule has 0 aliphatic heterocycles. The lowest BCUT2D eigenvalue weighted by molar-refractivity contribution is 0.0939. The summed E-state index contributed by atoms with van der Waals surface area (Å²) in [7, 11) is 0. The number of amides is 1. The van der Waals surface area contributed by atoms with Gasteiger partial charge in [-0.3, -0.25) is 4.79 Å². The van der Waals surface area contributed by atoms with Crippen LogP contribution in [0.1, 0.15) is 51.3 Å². The van der Waals surface area contributed by atoms with Crippen LogP contribution in [0, 0.1) is 13.8 Å². The van der Waals surface area contributed by atoms with Crippen molar-refractivity contribution < 1.29 is 9.53 Å². The molecule has 4 heteroatoms. The minimum Gasteiger partial charge on any atom is -0.489 e. The number of nitrogens with one attached hydrogen (secondary N) is 1. The van der Waals surface area contributed by atoms with Crippen LogP contribution >= 0.6 is 11.3 Å². The average Bonchev–Trinajstić information content (AvgIpc) is 3.15. The van der Waals surface area contributed by atoms with Crippen LogP contribution < -0.4 is 10.1 Å². The van der Waals surface area contributed by atoms with Crippen LogP contribution in [-0.2, 0) is 6.61 Å². The van der Waals surface area contributed by atoms with Gasteiger partial charge in [-0.15, -0.1) is 11.3 Å². The molecule has 1 atom stereocenters. The molecule has 1 aromatic heterocycles. The predicted molar refractivity (Wildman–Crippen MR) is 112 cm³/mol. The molecule has 1 N–H and O–H groups in total. The molecule has 3 rings (SSSR count). The van der Waals surface area contributed by atoms with Gasteiger partial charge in [0.1, 0.15) is 12.4 Å². The molecule has 140 valence electrons. The third-order valence-electron chi connectivity index (χ3n) is 4.50. The highest BCUT2D eigenvalue weighted by molar-refractivity contribution is 7.12. The molecule has 0 fully saturated rings. The van der Waals surface area contributed by atoms with Crippen LogP contribution in [0.4, 0.5) is 0 Å². The zero-order valence-electron chi connectivity index (χ0n) is 16.0. The Morgan fingerprint density at radius 2 is 1.67 bits per heavy atom. The van der Waals surface area contributed by atoms with Gasteiger partial charge in [0.05, 0.1) is 10.9 Å². The van der Waals surface area contributed by atoms with Crippen molar-refractivity contribution in [1.29, 1.82) is 0 Å². The number of hydrogen-bond donors (Lipinski definition) is 1. The van der Waals surface area contributed by atoms with E-state index in [9.17, 15) is 4.79 Å². The van der Waals surface area contributed by atoms with Gasteiger partial charge < -0.3 is 10.1 Å². The Bertz CT molecular complexity index is 882. The first-order chi connectivity index (χ1) is 13.0. The topological polar surface area (TPSA) is 38.3 Å². The van der Waals surface area contributed by atoms with Crippen LogP contribution in [0.5, 0.6) is 5.75 Å². The van der Waals surface area contributed by atoms with Gasteiger partial charge in [-0.25, -0.2) is 0 Å². The molecule has 1 unspecified atom stereocenters. The molecule has 0 saturated carbocycles. The van der Waals surface area contributed by atoms with Crippen LogP contribution in [0.25, 0.3) is 0 Å². The van der Waals surface area contributed by atoms with Crippen molar-refractivity contribution in [2.24, 2.45) is 0 Å². The molecule has 0 bridgehead atoms. The normalized spacial score (nSPS) is 11.8. The van der Waals surface area contributed by atoms with E-state index in [-0.39, 0.29) is 11.9 Å². The van der Waals surface area contributed by atoms with E-state index in [2.05, 4.69) is 43.4 Å². The minimum absolute atomic E-state index is 0.0208. The third kappa shape index (κ3) is 5.20. The van der Waals surface area contributed by atoms with Crippen molar-refractivity contribution in [3.05, 3.63) is 87.1 Å². The number of carbonyl (C=O) groups is 1. The molecular weight excluding hydrogens is 354 g/mol. The third-order valence-corrected chi connectivity index (χ3v) is 5.48. The highest BCUT2D eigenvalue weighted by Gasteiger charge is 2.16. The van der Waals surface area contributed by atoms with Gasteiger partial charge >= 0.3 is 0 Å². The molecule has 3 aromatic rings. The van der Waals surface area contributed by atoms with Gasteiger partial charge in [-0.2, -0.15) is 0 Å². The summed E-state index contributed by atoms with van der Waals surface area (Å²) in [6.45, 7) is 6.66.